The highest BCUT2D eigenvalue weighted by Crippen LogP contribution is 2.16. The van der Waals surface area contributed by atoms with E-state index < -0.39 is 0 Å². The average molecular weight is 319 g/mol. The minimum absolute atomic E-state index is 0.0215. The molecule has 1 aliphatic rings. The lowest BCUT2D eigenvalue weighted by molar-refractivity contribution is -0.126. The Morgan fingerprint density at radius 2 is 1.91 bits per heavy atom. The SMILES string of the molecule is NC(=O)CN1CCC(C(=O)NCCOCc2ccccc2)CC1. The number of ether oxygens (including phenoxy) is 1. The average Bonchev–Trinajstić information content (AvgIpc) is 2.55. The number of carbonyl (C=O) groups excluding carboxylic acids is 2. The summed E-state index contributed by atoms with van der Waals surface area (Å²) in [5, 5.41) is 2.92. The van der Waals surface area contributed by atoms with E-state index in [0.29, 0.717) is 19.8 Å². The number of rotatable bonds is 8. The van der Waals surface area contributed by atoms with Crippen LogP contribution in [-0.2, 0) is 20.9 Å². The number of primary amides is 1. The van der Waals surface area contributed by atoms with Crippen LogP contribution in [0.2, 0.25) is 0 Å². The molecule has 0 unspecified atom stereocenters. The third-order valence-corrected chi connectivity index (χ3v) is 3.99. The van der Waals surface area contributed by atoms with Crippen LogP contribution in [0.1, 0.15) is 18.4 Å². The van der Waals surface area contributed by atoms with Gasteiger partial charge in [-0.25, -0.2) is 0 Å². The topological polar surface area (TPSA) is 84.7 Å². The summed E-state index contributed by atoms with van der Waals surface area (Å²) in [4.78, 5) is 25.0. The minimum atomic E-state index is -0.316. The Hall–Kier alpha value is -1.92. The second-order valence-corrected chi connectivity index (χ2v) is 5.85. The van der Waals surface area contributed by atoms with Crippen LogP contribution in [0.5, 0.6) is 0 Å². The zero-order valence-corrected chi connectivity index (χ0v) is 13.4. The van der Waals surface area contributed by atoms with Crippen LogP contribution in [0.25, 0.3) is 0 Å². The van der Waals surface area contributed by atoms with Crippen LogP contribution in [0, 0.1) is 5.92 Å². The Kier molecular flexibility index (Phi) is 7.03. The first-order valence-corrected chi connectivity index (χ1v) is 8.05. The molecular formula is C17H25N3O3. The van der Waals surface area contributed by atoms with Crippen molar-refractivity contribution in [1.82, 2.24) is 10.2 Å². The number of likely N-dealkylation sites (tertiary alicyclic amines) is 1. The van der Waals surface area contributed by atoms with Crippen LogP contribution < -0.4 is 11.1 Å². The van der Waals surface area contributed by atoms with E-state index in [1.807, 2.05) is 35.2 Å². The lowest BCUT2D eigenvalue weighted by Crippen LogP contribution is -2.43. The lowest BCUT2D eigenvalue weighted by Gasteiger charge is -2.30. The molecule has 0 spiro atoms. The van der Waals surface area contributed by atoms with Crippen molar-refractivity contribution in [3.8, 4) is 0 Å². The van der Waals surface area contributed by atoms with Gasteiger partial charge in [0.05, 0.1) is 19.8 Å². The van der Waals surface area contributed by atoms with Crippen LogP contribution in [0.3, 0.4) is 0 Å². The maximum absolute atomic E-state index is 12.1. The van der Waals surface area contributed by atoms with Gasteiger partial charge in [-0.2, -0.15) is 0 Å². The number of benzene rings is 1. The maximum Gasteiger partial charge on any atom is 0.231 e. The predicted octanol–water partition coefficient (Wildman–Crippen LogP) is 0.517. The molecule has 6 heteroatoms. The van der Waals surface area contributed by atoms with Crippen LogP contribution >= 0.6 is 0 Å². The molecular weight excluding hydrogens is 294 g/mol. The van der Waals surface area contributed by atoms with E-state index >= 15 is 0 Å². The van der Waals surface area contributed by atoms with Gasteiger partial charge in [0.15, 0.2) is 0 Å². The molecule has 0 saturated carbocycles. The van der Waals surface area contributed by atoms with Crippen molar-refractivity contribution < 1.29 is 14.3 Å². The molecule has 2 rings (SSSR count). The second-order valence-electron chi connectivity index (χ2n) is 5.85. The highest BCUT2D eigenvalue weighted by molar-refractivity contribution is 5.79. The quantitative estimate of drug-likeness (QED) is 0.684. The Bertz CT molecular complexity index is 499. The third-order valence-electron chi connectivity index (χ3n) is 3.99. The molecule has 1 aromatic rings. The van der Waals surface area contributed by atoms with Gasteiger partial charge in [0, 0.05) is 12.5 Å². The van der Waals surface area contributed by atoms with Crippen molar-refractivity contribution in [3.63, 3.8) is 0 Å². The molecule has 1 aliphatic heterocycles. The Labute approximate surface area is 137 Å². The van der Waals surface area contributed by atoms with Gasteiger partial charge in [-0.1, -0.05) is 30.3 Å². The molecule has 1 heterocycles. The third kappa shape index (κ3) is 6.38. The molecule has 3 N–H and O–H groups in total. The Morgan fingerprint density at radius 1 is 1.22 bits per heavy atom. The molecule has 23 heavy (non-hydrogen) atoms. The summed E-state index contributed by atoms with van der Waals surface area (Å²) in [6.07, 6.45) is 1.54. The molecule has 1 saturated heterocycles. The maximum atomic E-state index is 12.1. The van der Waals surface area contributed by atoms with Crippen molar-refractivity contribution in [2.24, 2.45) is 11.7 Å². The fourth-order valence-corrected chi connectivity index (χ4v) is 2.73. The molecule has 0 bridgehead atoms. The van der Waals surface area contributed by atoms with E-state index in [9.17, 15) is 9.59 Å². The van der Waals surface area contributed by atoms with Gasteiger partial charge < -0.3 is 15.8 Å². The summed E-state index contributed by atoms with van der Waals surface area (Å²) >= 11 is 0. The molecule has 0 aliphatic carbocycles. The van der Waals surface area contributed by atoms with Crippen molar-refractivity contribution in [3.05, 3.63) is 35.9 Å². The Balaban J connectivity index is 1.56. The Morgan fingerprint density at radius 3 is 2.57 bits per heavy atom. The standard InChI is InChI=1S/C17H25N3O3/c18-16(21)12-20-9-6-15(7-10-20)17(22)19-8-11-23-13-14-4-2-1-3-5-14/h1-5,15H,6-13H2,(H2,18,21)(H,19,22). The number of carbonyl (C=O) groups is 2. The van der Waals surface area contributed by atoms with Gasteiger partial charge in [0.25, 0.3) is 0 Å². The zero-order valence-electron chi connectivity index (χ0n) is 13.4. The zero-order chi connectivity index (χ0) is 16.5. The summed E-state index contributed by atoms with van der Waals surface area (Å²) in [6.45, 7) is 3.34. The predicted molar refractivity (Wildman–Crippen MR) is 87.5 cm³/mol. The van der Waals surface area contributed by atoms with Gasteiger partial charge in [-0.15, -0.1) is 0 Å². The van der Waals surface area contributed by atoms with Crippen LogP contribution in [0.4, 0.5) is 0 Å². The summed E-state index contributed by atoms with van der Waals surface area (Å²) in [5.41, 5.74) is 6.31. The summed E-state index contributed by atoms with van der Waals surface area (Å²) in [5.74, 6) is -0.219. The van der Waals surface area contributed by atoms with Gasteiger partial charge in [-0.05, 0) is 31.5 Å². The minimum Gasteiger partial charge on any atom is -0.375 e. The van der Waals surface area contributed by atoms with Crippen LogP contribution in [0.15, 0.2) is 30.3 Å². The number of nitrogens with two attached hydrogens (primary N) is 1. The summed E-state index contributed by atoms with van der Waals surface area (Å²) in [6, 6.07) is 9.95. The number of amides is 2. The number of piperidine rings is 1. The number of hydrogen-bond donors (Lipinski definition) is 2. The fourth-order valence-electron chi connectivity index (χ4n) is 2.73. The molecule has 126 valence electrons. The van der Waals surface area contributed by atoms with E-state index in [-0.39, 0.29) is 24.3 Å². The molecule has 1 aromatic carbocycles. The largest absolute Gasteiger partial charge is 0.375 e. The second kappa shape index (κ2) is 9.27. The first kappa shape index (κ1) is 17.4. The molecule has 0 radical (unpaired) electrons. The van der Waals surface area contributed by atoms with E-state index in [0.717, 1.165) is 31.5 Å². The van der Waals surface area contributed by atoms with Crippen molar-refractivity contribution in [1.29, 1.82) is 0 Å². The highest BCUT2D eigenvalue weighted by Gasteiger charge is 2.25. The van der Waals surface area contributed by atoms with Crippen molar-refractivity contribution >= 4 is 11.8 Å². The summed E-state index contributed by atoms with van der Waals surface area (Å²) in [7, 11) is 0. The van der Waals surface area contributed by atoms with Gasteiger partial charge in [0.2, 0.25) is 11.8 Å². The smallest absolute Gasteiger partial charge is 0.231 e. The van der Waals surface area contributed by atoms with E-state index in [4.69, 9.17) is 10.5 Å². The fraction of sp³-hybridized carbons (Fsp3) is 0.529. The van der Waals surface area contributed by atoms with Crippen molar-refractivity contribution in [2.75, 3.05) is 32.8 Å². The van der Waals surface area contributed by atoms with Gasteiger partial charge in [-0.3, -0.25) is 14.5 Å². The van der Waals surface area contributed by atoms with Crippen molar-refractivity contribution in [2.45, 2.75) is 19.4 Å². The van der Waals surface area contributed by atoms with Gasteiger partial charge in [0.1, 0.15) is 0 Å². The van der Waals surface area contributed by atoms with E-state index in [1.54, 1.807) is 0 Å². The highest BCUT2D eigenvalue weighted by atomic mass is 16.5. The molecule has 0 atom stereocenters. The molecule has 6 nitrogen and oxygen atoms in total. The number of nitrogens with one attached hydrogen (secondary N) is 1. The molecule has 2 amide bonds. The van der Waals surface area contributed by atoms with E-state index in [1.165, 1.54) is 0 Å². The number of hydrogen-bond acceptors (Lipinski definition) is 4. The first-order valence-electron chi connectivity index (χ1n) is 8.05. The molecule has 0 aromatic heterocycles. The monoisotopic (exact) mass is 319 g/mol. The lowest BCUT2D eigenvalue weighted by atomic mass is 9.96. The summed E-state index contributed by atoms with van der Waals surface area (Å²) < 4.78 is 5.54. The van der Waals surface area contributed by atoms with Crippen LogP contribution in [-0.4, -0.2) is 49.5 Å². The molecule has 1 fully saturated rings. The number of nitrogens with zero attached hydrogens (tertiary/aromatic N) is 1. The normalized spacial score (nSPS) is 16.2. The van der Waals surface area contributed by atoms with Gasteiger partial charge >= 0.3 is 0 Å². The first-order chi connectivity index (χ1) is 11.1. The van der Waals surface area contributed by atoms with E-state index in [2.05, 4.69) is 5.32 Å².